The predicted octanol–water partition coefficient (Wildman–Crippen LogP) is 3.84. The molecule has 4 atom stereocenters. The number of nitrogens with one attached hydrogen (secondary N) is 1. The SMILES string of the molecule is C[C@@H]1CN(c2cc(N3[C@H](C)CC[C@H](C)[C@@H]3Cc3ccccc3)[nH]c(=O)c2)CCO1. The summed E-state index contributed by atoms with van der Waals surface area (Å²) >= 11 is 0. The van der Waals surface area contributed by atoms with Crippen molar-refractivity contribution in [3.8, 4) is 0 Å². The maximum absolute atomic E-state index is 12.6. The smallest absolute Gasteiger partial charge is 0.251 e. The lowest BCUT2D eigenvalue weighted by Gasteiger charge is -2.46. The van der Waals surface area contributed by atoms with E-state index in [-0.39, 0.29) is 11.7 Å². The lowest BCUT2D eigenvalue weighted by atomic mass is 9.83. The zero-order chi connectivity index (χ0) is 20.4. The summed E-state index contributed by atoms with van der Waals surface area (Å²) in [5.74, 6) is 1.52. The quantitative estimate of drug-likeness (QED) is 0.855. The molecule has 0 bridgehead atoms. The average Bonchev–Trinajstić information content (AvgIpc) is 2.71. The molecule has 2 aromatic rings. The van der Waals surface area contributed by atoms with Crippen LogP contribution in [0.3, 0.4) is 0 Å². The van der Waals surface area contributed by atoms with Crippen molar-refractivity contribution in [1.29, 1.82) is 0 Å². The lowest BCUT2D eigenvalue weighted by Crippen LogP contribution is -2.51. The molecule has 0 saturated carbocycles. The Labute approximate surface area is 173 Å². The zero-order valence-electron chi connectivity index (χ0n) is 17.8. The summed E-state index contributed by atoms with van der Waals surface area (Å²) in [5, 5.41) is 0. The number of pyridine rings is 1. The van der Waals surface area contributed by atoms with E-state index in [1.807, 2.05) is 0 Å². The van der Waals surface area contributed by atoms with Crippen LogP contribution in [0.1, 0.15) is 39.2 Å². The number of rotatable bonds is 4. The standard InChI is InChI=1S/C24H33N3O2/c1-17-9-10-18(2)27(22(17)13-20-7-5-4-6-8-20)23-14-21(15-24(28)25-23)26-11-12-29-19(3)16-26/h4-8,14-15,17-19,22H,9-13,16H2,1-3H3,(H,25,28)/t17-,18+,19+,22-/m0/s1. The van der Waals surface area contributed by atoms with Gasteiger partial charge in [0, 0.05) is 43.0 Å². The Hall–Kier alpha value is -2.27. The number of morpholine rings is 1. The number of aromatic nitrogens is 1. The number of hydrogen-bond donors (Lipinski definition) is 1. The Bertz CT molecular complexity index is 866. The van der Waals surface area contributed by atoms with Crippen molar-refractivity contribution in [1.82, 2.24) is 4.98 Å². The average molecular weight is 396 g/mol. The number of piperidine rings is 1. The van der Waals surface area contributed by atoms with E-state index in [1.54, 1.807) is 6.07 Å². The second kappa shape index (κ2) is 8.62. The van der Waals surface area contributed by atoms with E-state index in [0.717, 1.165) is 37.4 Å². The molecule has 1 aromatic carbocycles. The molecule has 3 heterocycles. The minimum atomic E-state index is -0.0273. The third-order valence-electron chi connectivity index (χ3n) is 6.52. The Morgan fingerprint density at radius 3 is 2.66 bits per heavy atom. The molecule has 0 aliphatic carbocycles. The molecule has 0 unspecified atom stereocenters. The zero-order valence-corrected chi connectivity index (χ0v) is 17.8. The molecule has 2 aliphatic heterocycles. The number of aromatic amines is 1. The first kappa shape index (κ1) is 20.0. The van der Waals surface area contributed by atoms with Gasteiger partial charge in [0.2, 0.25) is 0 Å². The van der Waals surface area contributed by atoms with E-state index >= 15 is 0 Å². The molecule has 4 rings (SSSR count). The minimum absolute atomic E-state index is 0.0273. The third kappa shape index (κ3) is 4.50. The van der Waals surface area contributed by atoms with E-state index in [0.29, 0.717) is 24.6 Å². The van der Waals surface area contributed by atoms with Crippen LogP contribution in [0.2, 0.25) is 0 Å². The Kier molecular flexibility index (Phi) is 5.95. The van der Waals surface area contributed by atoms with Gasteiger partial charge < -0.3 is 19.5 Å². The molecule has 5 nitrogen and oxygen atoms in total. The molecule has 2 fully saturated rings. The van der Waals surface area contributed by atoms with Crippen LogP contribution in [0.25, 0.3) is 0 Å². The van der Waals surface area contributed by atoms with Crippen LogP contribution < -0.4 is 15.4 Å². The van der Waals surface area contributed by atoms with Crippen LogP contribution in [0.15, 0.2) is 47.3 Å². The van der Waals surface area contributed by atoms with E-state index in [4.69, 9.17) is 4.74 Å². The molecule has 5 heteroatoms. The van der Waals surface area contributed by atoms with Crippen LogP contribution >= 0.6 is 0 Å². The summed E-state index contributed by atoms with van der Waals surface area (Å²) in [6, 6.07) is 15.4. The summed E-state index contributed by atoms with van der Waals surface area (Å²) in [4.78, 5) is 20.5. The highest BCUT2D eigenvalue weighted by Crippen LogP contribution is 2.34. The second-order valence-corrected chi connectivity index (χ2v) is 8.78. The van der Waals surface area contributed by atoms with E-state index < -0.39 is 0 Å². The largest absolute Gasteiger partial charge is 0.375 e. The fourth-order valence-corrected chi connectivity index (χ4v) is 4.90. The number of H-pyrrole nitrogens is 1. The lowest BCUT2D eigenvalue weighted by molar-refractivity contribution is 0.0532. The summed E-state index contributed by atoms with van der Waals surface area (Å²) in [6.07, 6.45) is 3.55. The van der Waals surface area contributed by atoms with E-state index in [1.165, 1.54) is 12.0 Å². The van der Waals surface area contributed by atoms with Gasteiger partial charge in [0.25, 0.3) is 5.56 Å². The maximum atomic E-state index is 12.6. The van der Waals surface area contributed by atoms with Crippen LogP contribution in [0.5, 0.6) is 0 Å². The first-order valence-corrected chi connectivity index (χ1v) is 10.9. The molecule has 156 valence electrons. The molecule has 0 radical (unpaired) electrons. The second-order valence-electron chi connectivity index (χ2n) is 8.78. The Morgan fingerprint density at radius 2 is 1.90 bits per heavy atom. The van der Waals surface area contributed by atoms with Gasteiger partial charge in [-0.1, -0.05) is 37.3 Å². The molecular formula is C24H33N3O2. The van der Waals surface area contributed by atoms with Gasteiger partial charge in [-0.15, -0.1) is 0 Å². The highest BCUT2D eigenvalue weighted by atomic mass is 16.5. The van der Waals surface area contributed by atoms with Crippen molar-refractivity contribution < 1.29 is 4.74 Å². The van der Waals surface area contributed by atoms with Gasteiger partial charge in [-0.05, 0) is 44.6 Å². The van der Waals surface area contributed by atoms with Gasteiger partial charge >= 0.3 is 0 Å². The van der Waals surface area contributed by atoms with Crippen molar-refractivity contribution in [3.05, 3.63) is 58.4 Å². The van der Waals surface area contributed by atoms with Gasteiger partial charge in [-0.25, -0.2) is 0 Å². The van der Waals surface area contributed by atoms with Crippen LogP contribution in [0, 0.1) is 5.92 Å². The predicted molar refractivity (Wildman–Crippen MR) is 119 cm³/mol. The number of anilines is 2. The Balaban J connectivity index is 1.67. The number of ether oxygens (including phenoxy) is 1. The first-order chi connectivity index (χ1) is 14.0. The number of nitrogens with zero attached hydrogens (tertiary/aromatic N) is 2. The molecule has 0 amide bonds. The molecule has 1 aromatic heterocycles. The van der Waals surface area contributed by atoms with Crippen molar-refractivity contribution in [2.75, 3.05) is 29.5 Å². The third-order valence-corrected chi connectivity index (χ3v) is 6.52. The molecule has 0 spiro atoms. The summed E-state index contributed by atoms with van der Waals surface area (Å²) < 4.78 is 5.68. The summed E-state index contributed by atoms with van der Waals surface area (Å²) in [6.45, 7) is 9.07. The monoisotopic (exact) mass is 395 g/mol. The summed E-state index contributed by atoms with van der Waals surface area (Å²) in [5.41, 5.74) is 2.33. The highest BCUT2D eigenvalue weighted by molar-refractivity contribution is 5.56. The highest BCUT2D eigenvalue weighted by Gasteiger charge is 2.34. The topological polar surface area (TPSA) is 48.6 Å². The minimum Gasteiger partial charge on any atom is -0.375 e. The van der Waals surface area contributed by atoms with Crippen LogP contribution in [-0.2, 0) is 11.2 Å². The number of benzene rings is 1. The van der Waals surface area contributed by atoms with Crippen molar-refractivity contribution in [2.45, 2.75) is 58.2 Å². The fraction of sp³-hybridized carbons (Fsp3) is 0.542. The van der Waals surface area contributed by atoms with Gasteiger partial charge in [0.15, 0.2) is 0 Å². The molecule has 29 heavy (non-hydrogen) atoms. The van der Waals surface area contributed by atoms with Gasteiger partial charge in [-0.2, -0.15) is 0 Å². The summed E-state index contributed by atoms with van der Waals surface area (Å²) in [7, 11) is 0. The van der Waals surface area contributed by atoms with Gasteiger partial charge in [0.1, 0.15) is 5.82 Å². The van der Waals surface area contributed by atoms with Gasteiger partial charge in [0.05, 0.1) is 12.7 Å². The first-order valence-electron chi connectivity index (χ1n) is 10.9. The molecular weight excluding hydrogens is 362 g/mol. The van der Waals surface area contributed by atoms with E-state index in [2.05, 4.69) is 72.0 Å². The van der Waals surface area contributed by atoms with Crippen LogP contribution in [0.4, 0.5) is 11.5 Å². The molecule has 1 N–H and O–H groups in total. The fourth-order valence-electron chi connectivity index (χ4n) is 4.90. The van der Waals surface area contributed by atoms with Crippen LogP contribution in [-0.4, -0.2) is 42.9 Å². The van der Waals surface area contributed by atoms with Crippen molar-refractivity contribution >= 4 is 11.5 Å². The van der Waals surface area contributed by atoms with Gasteiger partial charge in [-0.3, -0.25) is 4.79 Å². The molecule has 2 saturated heterocycles. The van der Waals surface area contributed by atoms with Crippen molar-refractivity contribution in [3.63, 3.8) is 0 Å². The number of hydrogen-bond acceptors (Lipinski definition) is 4. The van der Waals surface area contributed by atoms with Crippen molar-refractivity contribution in [2.24, 2.45) is 5.92 Å². The maximum Gasteiger partial charge on any atom is 0.251 e. The normalized spacial score (nSPS) is 27.8. The molecule has 2 aliphatic rings. The van der Waals surface area contributed by atoms with E-state index in [9.17, 15) is 4.79 Å². The Morgan fingerprint density at radius 1 is 1.10 bits per heavy atom.